The number of hydrogen-bond acceptors (Lipinski definition) is 3. The number of fused-ring (bicyclic) bond motifs is 4. The summed E-state index contributed by atoms with van der Waals surface area (Å²) in [6, 6.07) is 6.81. The molecule has 7 heteroatoms. The molecule has 1 saturated carbocycles. The molecule has 2 aromatic rings. The fourth-order valence-corrected chi connectivity index (χ4v) is 9.43. The Balaban J connectivity index is 1.78. The van der Waals surface area contributed by atoms with E-state index in [4.69, 9.17) is 14.1 Å². The molecule has 3 unspecified atom stereocenters. The second kappa shape index (κ2) is 10.3. The van der Waals surface area contributed by atoms with Crippen molar-refractivity contribution in [2.75, 3.05) is 0 Å². The molecule has 0 radical (unpaired) electrons. The Morgan fingerprint density at radius 3 is 2.22 bits per heavy atom. The lowest BCUT2D eigenvalue weighted by Crippen LogP contribution is -2.44. The quantitative estimate of drug-likeness (QED) is 0.177. The van der Waals surface area contributed by atoms with E-state index in [-0.39, 0.29) is 34.1 Å². The molecule has 0 amide bonds. The van der Waals surface area contributed by atoms with Crippen LogP contribution in [-0.2, 0) is 27.1 Å². The van der Waals surface area contributed by atoms with Gasteiger partial charge in [-0.1, -0.05) is 95.3 Å². The van der Waals surface area contributed by atoms with Gasteiger partial charge in [-0.3, -0.25) is 4.98 Å². The lowest BCUT2D eigenvalue weighted by molar-refractivity contribution is -0.0515. The van der Waals surface area contributed by atoms with Gasteiger partial charge in [0, 0.05) is 44.5 Å². The molecular formula is C34H48F2INO2Si. The number of hydrogen-bond donors (Lipinski definition) is 0. The van der Waals surface area contributed by atoms with E-state index in [0.29, 0.717) is 3.92 Å². The normalized spacial score (nSPS) is 27.9. The maximum absolute atomic E-state index is 14.1. The van der Waals surface area contributed by atoms with E-state index in [1.165, 1.54) is 22.4 Å². The van der Waals surface area contributed by atoms with Crippen LogP contribution in [0.4, 0.5) is 8.78 Å². The highest BCUT2D eigenvalue weighted by atomic mass is 127. The first-order valence-corrected chi connectivity index (χ1v) is 19.5. The van der Waals surface area contributed by atoms with Crippen LogP contribution in [0.15, 0.2) is 24.3 Å². The number of aromatic nitrogens is 1. The van der Waals surface area contributed by atoms with Gasteiger partial charge in [-0.2, -0.15) is 0 Å². The molecule has 4 atom stereocenters. The highest BCUT2D eigenvalue weighted by molar-refractivity contribution is 14.1. The molecule has 2 aliphatic carbocycles. The average molecular weight is 696 g/mol. The van der Waals surface area contributed by atoms with Gasteiger partial charge in [-0.15, -0.1) is 0 Å². The molecule has 1 aromatic carbocycles. The Morgan fingerprint density at radius 1 is 1.07 bits per heavy atom. The Bertz CT molecular complexity index is 1310. The van der Waals surface area contributed by atoms with Crippen LogP contribution in [0.5, 0.6) is 0 Å². The van der Waals surface area contributed by atoms with Gasteiger partial charge < -0.3 is 9.16 Å². The molecule has 1 spiro atoms. The minimum atomic E-state index is -2.88. The summed E-state index contributed by atoms with van der Waals surface area (Å²) in [5.74, 6) is -2.67. The minimum absolute atomic E-state index is 0.0273. The van der Waals surface area contributed by atoms with E-state index in [0.717, 1.165) is 50.3 Å². The third kappa shape index (κ3) is 5.48. The molecule has 226 valence electrons. The SMILES string of the molecule is CC(C)c1nc2c(c3c1[C@@H](c1ccc(C(C)(F)F)cc1)OC31CCCC1I)C(O[Si](C)(C)C(C)(C)C)CC(C)(C)C2. The Morgan fingerprint density at radius 2 is 1.71 bits per heavy atom. The number of ether oxygens (including phenoxy) is 1. The Hall–Kier alpha value is -0.903. The molecule has 3 nitrogen and oxygen atoms in total. The van der Waals surface area contributed by atoms with E-state index in [1.54, 1.807) is 12.1 Å². The van der Waals surface area contributed by atoms with Gasteiger partial charge in [-0.25, -0.2) is 8.78 Å². The second-order valence-corrected chi connectivity index (χ2v) is 21.7. The predicted octanol–water partition coefficient (Wildman–Crippen LogP) is 10.7. The molecule has 0 bridgehead atoms. The van der Waals surface area contributed by atoms with Crippen molar-refractivity contribution in [2.45, 2.75) is 139 Å². The third-order valence-electron chi connectivity index (χ3n) is 10.1. The first-order chi connectivity index (χ1) is 18.8. The molecule has 3 aliphatic rings. The molecule has 1 fully saturated rings. The predicted molar refractivity (Wildman–Crippen MR) is 174 cm³/mol. The van der Waals surface area contributed by atoms with Crippen molar-refractivity contribution in [3.05, 3.63) is 63.5 Å². The first kappa shape index (κ1) is 31.5. The minimum Gasteiger partial charge on any atom is -0.410 e. The highest BCUT2D eigenvalue weighted by Gasteiger charge is 2.57. The van der Waals surface area contributed by atoms with Gasteiger partial charge in [-0.05, 0) is 67.1 Å². The number of alkyl halides is 3. The molecule has 41 heavy (non-hydrogen) atoms. The van der Waals surface area contributed by atoms with Crippen molar-refractivity contribution in [2.24, 2.45) is 5.41 Å². The van der Waals surface area contributed by atoms with Crippen LogP contribution in [0, 0.1) is 5.41 Å². The van der Waals surface area contributed by atoms with Gasteiger partial charge in [0.1, 0.15) is 11.7 Å². The van der Waals surface area contributed by atoms with E-state index in [9.17, 15) is 8.78 Å². The van der Waals surface area contributed by atoms with Crippen LogP contribution in [0.25, 0.3) is 0 Å². The molecule has 2 heterocycles. The van der Waals surface area contributed by atoms with Crippen molar-refractivity contribution in [1.82, 2.24) is 4.98 Å². The summed E-state index contributed by atoms with van der Waals surface area (Å²) in [6.07, 6.45) is 4.66. The van der Waals surface area contributed by atoms with Gasteiger partial charge >= 0.3 is 0 Å². The summed E-state index contributed by atoms with van der Waals surface area (Å²) in [5.41, 5.74) is 6.61. The Kier molecular flexibility index (Phi) is 7.95. The van der Waals surface area contributed by atoms with Gasteiger partial charge in [0.25, 0.3) is 5.92 Å². The molecule has 1 aromatic heterocycles. The van der Waals surface area contributed by atoms with Gasteiger partial charge in [0.15, 0.2) is 8.32 Å². The topological polar surface area (TPSA) is 31.4 Å². The third-order valence-corrected chi connectivity index (χ3v) is 16.2. The van der Waals surface area contributed by atoms with Crippen LogP contribution < -0.4 is 0 Å². The van der Waals surface area contributed by atoms with Crippen LogP contribution in [0.2, 0.25) is 18.1 Å². The molecule has 5 rings (SSSR count). The van der Waals surface area contributed by atoms with E-state index < -0.39 is 19.8 Å². The fourth-order valence-electron chi connectivity index (χ4n) is 6.95. The second-order valence-electron chi connectivity index (χ2n) is 15.5. The summed E-state index contributed by atoms with van der Waals surface area (Å²) in [5, 5.41) is 0.0855. The van der Waals surface area contributed by atoms with Crippen molar-refractivity contribution >= 4 is 30.9 Å². The number of pyridine rings is 1. The molecule has 0 N–H and O–H groups in total. The van der Waals surface area contributed by atoms with Gasteiger partial charge in [0.2, 0.25) is 0 Å². The zero-order chi connectivity index (χ0) is 30.3. The molecule has 0 saturated heterocycles. The fraction of sp³-hybridized carbons (Fsp3) is 0.676. The molecule has 1 aliphatic heterocycles. The maximum atomic E-state index is 14.1. The lowest BCUT2D eigenvalue weighted by Gasteiger charge is -2.45. The molecular weight excluding hydrogens is 647 g/mol. The van der Waals surface area contributed by atoms with Crippen molar-refractivity contribution in [3.8, 4) is 0 Å². The van der Waals surface area contributed by atoms with Crippen molar-refractivity contribution < 1.29 is 17.9 Å². The monoisotopic (exact) mass is 695 g/mol. The van der Waals surface area contributed by atoms with Crippen molar-refractivity contribution in [1.29, 1.82) is 0 Å². The average Bonchev–Trinajstić information content (AvgIpc) is 3.37. The smallest absolute Gasteiger partial charge is 0.270 e. The maximum Gasteiger partial charge on any atom is 0.270 e. The first-order valence-electron chi connectivity index (χ1n) is 15.3. The number of benzene rings is 1. The summed E-state index contributed by atoms with van der Waals surface area (Å²) in [6.45, 7) is 21.7. The number of rotatable bonds is 5. The van der Waals surface area contributed by atoms with Crippen LogP contribution >= 0.6 is 22.6 Å². The van der Waals surface area contributed by atoms with Crippen LogP contribution in [0.1, 0.15) is 138 Å². The van der Waals surface area contributed by atoms with Crippen LogP contribution in [0.3, 0.4) is 0 Å². The van der Waals surface area contributed by atoms with Gasteiger partial charge in [0.05, 0.1) is 6.10 Å². The Labute approximate surface area is 260 Å². The summed E-state index contributed by atoms with van der Waals surface area (Å²) in [7, 11) is -2.11. The number of nitrogens with zero attached hydrogens (tertiary/aromatic N) is 1. The zero-order valence-electron chi connectivity index (χ0n) is 26.6. The van der Waals surface area contributed by atoms with Crippen LogP contribution in [-0.4, -0.2) is 17.2 Å². The van der Waals surface area contributed by atoms with E-state index in [2.05, 4.69) is 84.2 Å². The summed E-state index contributed by atoms with van der Waals surface area (Å²) >= 11 is 2.61. The highest BCUT2D eigenvalue weighted by Crippen LogP contribution is 2.62. The van der Waals surface area contributed by atoms with E-state index in [1.807, 2.05) is 12.1 Å². The summed E-state index contributed by atoms with van der Waals surface area (Å²) < 4.78 is 43.2. The number of halogens is 3. The van der Waals surface area contributed by atoms with Crippen molar-refractivity contribution in [3.63, 3.8) is 0 Å². The zero-order valence-corrected chi connectivity index (χ0v) is 29.7. The summed E-state index contributed by atoms with van der Waals surface area (Å²) in [4.78, 5) is 5.47. The standard InChI is InChI=1S/C34H48F2INO2Si/c1-20(2)29-27-28(26-23(38-29)18-32(6,7)19-24(26)40-41(9,10)31(3,4)5)34(17-11-12-25(34)37)39-30(27)21-13-15-22(16-14-21)33(8,35)36/h13-16,20,24-25,30H,11-12,17-19H2,1-10H3/t24?,25?,30-,34?/m1/s1. The largest absolute Gasteiger partial charge is 0.410 e. The van der Waals surface area contributed by atoms with E-state index >= 15 is 0 Å². The lowest BCUT2D eigenvalue weighted by atomic mass is 9.70.